The van der Waals surface area contributed by atoms with E-state index in [2.05, 4.69) is 138 Å². The van der Waals surface area contributed by atoms with Gasteiger partial charge in [-0.2, -0.15) is 0 Å². The summed E-state index contributed by atoms with van der Waals surface area (Å²) in [6, 6.07) is 15.5. The van der Waals surface area contributed by atoms with Crippen LogP contribution in [0.25, 0.3) is 23.4 Å². The molecule has 0 N–H and O–H groups in total. The lowest BCUT2D eigenvalue weighted by Crippen LogP contribution is -2.35. The fourth-order valence-corrected chi connectivity index (χ4v) is 10.3. The highest BCUT2D eigenvalue weighted by Gasteiger charge is 2.42. The van der Waals surface area contributed by atoms with Crippen LogP contribution < -0.4 is 0 Å². The lowest BCUT2D eigenvalue weighted by atomic mass is 9.77. The number of pyridine rings is 1. The number of rotatable bonds is 6. The molecule has 0 saturated heterocycles. The highest BCUT2D eigenvalue weighted by molar-refractivity contribution is 5.76. The van der Waals surface area contributed by atoms with Crippen LogP contribution in [0.3, 0.4) is 0 Å². The highest BCUT2D eigenvalue weighted by atomic mass is 15.2. The monoisotopic (exact) mass is 691 g/mol. The first kappa shape index (κ1) is 32.5. The van der Waals surface area contributed by atoms with Gasteiger partial charge in [-0.1, -0.05) is 104 Å². The second kappa shape index (κ2) is 13.1. The Labute approximate surface area is 315 Å². The van der Waals surface area contributed by atoms with Crippen LogP contribution in [0, 0.1) is 11.3 Å². The average molecular weight is 692 g/mol. The van der Waals surface area contributed by atoms with Gasteiger partial charge in [0.1, 0.15) is 0 Å². The highest BCUT2D eigenvalue weighted by Crippen LogP contribution is 2.55. The molecule has 7 aliphatic carbocycles. The van der Waals surface area contributed by atoms with Gasteiger partial charge in [0, 0.05) is 63.3 Å². The van der Waals surface area contributed by atoms with Gasteiger partial charge in [0.25, 0.3) is 0 Å². The van der Waals surface area contributed by atoms with Crippen LogP contribution in [-0.4, -0.2) is 20.5 Å². The van der Waals surface area contributed by atoms with Gasteiger partial charge in [-0.25, -0.2) is 0 Å². The van der Waals surface area contributed by atoms with Crippen molar-refractivity contribution in [2.45, 2.75) is 84.1 Å². The van der Waals surface area contributed by atoms with Crippen molar-refractivity contribution in [1.82, 2.24) is 14.5 Å². The molecule has 2 atom stereocenters. The number of para-hydroxylation sites is 1. The molecule has 0 aliphatic heterocycles. The molecule has 3 nitrogen and oxygen atoms in total. The minimum absolute atomic E-state index is 0.0405. The molecule has 0 saturated carbocycles. The first-order valence-corrected chi connectivity index (χ1v) is 20.0. The third-order valence-electron chi connectivity index (χ3n) is 13.0. The van der Waals surface area contributed by atoms with Gasteiger partial charge >= 0.3 is 0 Å². The first-order valence-electron chi connectivity index (χ1n) is 20.0. The number of aromatic nitrogens is 2. The molecule has 3 aromatic rings. The third-order valence-corrected chi connectivity index (χ3v) is 13.0. The number of hydrogen-bond acceptors (Lipinski definition) is 2. The summed E-state index contributed by atoms with van der Waals surface area (Å²) in [6.45, 7) is 4.88. The molecule has 10 rings (SSSR count). The number of benzene rings is 1. The zero-order chi connectivity index (χ0) is 35.5. The Morgan fingerprint density at radius 2 is 1.66 bits per heavy atom. The predicted molar refractivity (Wildman–Crippen MR) is 220 cm³/mol. The Kier molecular flexibility index (Phi) is 8.01. The largest absolute Gasteiger partial charge is 0.338 e. The molecule has 0 radical (unpaired) electrons. The van der Waals surface area contributed by atoms with E-state index < -0.39 is 0 Å². The lowest BCUT2D eigenvalue weighted by molar-refractivity contribution is 0.350. The maximum absolute atomic E-state index is 4.41. The van der Waals surface area contributed by atoms with Crippen LogP contribution >= 0.6 is 0 Å². The Hall–Kier alpha value is -5.15. The Morgan fingerprint density at radius 1 is 0.792 bits per heavy atom. The van der Waals surface area contributed by atoms with Crippen molar-refractivity contribution in [3.8, 4) is 5.69 Å². The molecule has 0 bridgehead atoms. The van der Waals surface area contributed by atoms with E-state index in [9.17, 15) is 0 Å². The summed E-state index contributed by atoms with van der Waals surface area (Å²) >= 11 is 0. The molecule has 7 aliphatic rings. The van der Waals surface area contributed by atoms with E-state index in [0.29, 0.717) is 5.92 Å². The molecule has 3 heteroatoms. The summed E-state index contributed by atoms with van der Waals surface area (Å²) in [5.41, 5.74) is 20.3. The van der Waals surface area contributed by atoms with E-state index >= 15 is 0 Å². The van der Waals surface area contributed by atoms with Crippen LogP contribution in [0.15, 0.2) is 155 Å². The second-order valence-corrected chi connectivity index (χ2v) is 16.3. The molecule has 2 aromatic heterocycles. The second-order valence-electron chi connectivity index (χ2n) is 16.3. The number of fused-ring (bicyclic) bond motifs is 5. The molecule has 0 amide bonds. The standard InChI is InChI=1S/C50H49N3/c1-50(2)46-16-8-6-14-42(46)43-28-27-41(32-47(43)50)52(40-25-20-35(21-26-40)37-11-10-30-51-33-37)39-23-18-34(19-24-39)36-22-29-49-45(31-36)44-15-7-9-17-48(44)53(49)38-12-4-3-5-13-38/h3-5,7-8,10-13,15-16,18,20,23-25,28,30-34,41H,6,9,14,17,19,21-22,26-27,29H2,1-2H3. The smallest absolute Gasteiger partial charge is 0.0559 e. The molecule has 0 fully saturated rings. The predicted octanol–water partition coefficient (Wildman–Crippen LogP) is 12.0. The quantitative estimate of drug-likeness (QED) is 0.257. The molecule has 1 aromatic carbocycles. The van der Waals surface area contributed by atoms with Crippen molar-refractivity contribution < 1.29 is 0 Å². The van der Waals surface area contributed by atoms with Crippen molar-refractivity contribution in [2.24, 2.45) is 11.3 Å². The van der Waals surface area contributed by atoms with E-state index in [4.69, 9.17) is 0 Å². The molecule has 2 unspecified atom stereocenters. The maximum atomic E-state index is 4.41. The van der Waals surface area contributed by atoms with Gasteiger partial charge in [0.15, 0.2) is 0 Å². The first-order chi connectivity index (χ1) is 26.0. The zero-order valence-electron chi connectivity index (χ0n) is 31.2. The van der Waals surface area contributed by atoms with Crippen molar-refractivity contribution in [3.63, 3.8) is 0 Å². The molecule has 53 heavy (non-hydrogen) atoms. The molecular formula is C50H49N3. The third kappa shape index (κ3) is 5.50. The van der Waals surface area contributed by atoms with Crippen LogP contribution in [0.1, 0.15) is 93.3 Å². The number of hydrogen-bond donors (Lipinski definition) is 0. The Bertz CT molecular complexity index is 2300. The van der Waals surface area contributed by atoms with Gasteiger partial charge in [-0.05, 0) is 128 Å². The number of allylic oxidation sites excluding steroid dienone is 15. The fraction of sp³-hybridized carbons (Fsp3) is 0.300. The van der Waals surface area contributed by atoms with Crippen molar-refractivity contribution >= 4 is 17.7 Å². The summed E-state index contributed by atoms with van der Waals surface area (Å²) in [6.07, 6.45) is 44.4. The molecule has 2 heterocycles. The van der Waals surface area contributed by atoms with Gasteiger partial charge in [-0.15, -0.1) is 0 Å². The average Bonchev–Trinajstić information content (AvgIpc) is 3.67. The normalized spacial score (nSPS) is 23.8. The van der Waals surface area contributed by atoms with E-state index in [1.54, 1.807) is 11.1 Å². The minimum Gasteiger partial charge on any atom is -0.338 e. The minimum atomic E-state index is 0.0405. The van der Waals surface area contributed by atoms with E-state index in [1.165, 1.54) is 73.9 Å². The molecular weight excluding hydrogens is 643 g/mol. The maximum Gasteiger partial charge on any atom is 0.0559 e. The number of nitrogens with zero attached hydrogens (tertiary/aromatic N) is 3. The lowest BCUT2D eigenvalue weighted by Gasteiger charge is -2.40. The molecule has 0 spiro atoms. The van der Waals surface area contributed by atoms with Crippen LogP contribution in [-0.2, 0) is 12.8 Å². The Morgan fingerprint density at radius 3 is 2.47 bits per heavy atom. The van der Waals surface area contributed by atoms with Gasteiger partial charge in [0.05, 0.1) is 6.04 Å². The summed E-state index contributed by atoms with van der Waals surface area (Å²) in [7, 11) is 0. The summed E-state index contributed by atoms with van der Waals surface area (Å²) in [5, 5.41) is 0. The van der Waals surface area contributed by atoms with Crippen molar-refractivity contribution in [3.05, 3.63) is 183 Å². The van der Waals surface area contributed by atoms with Crippen LogP contribution in [0.4, 0.5) is 0 Å². The van der Waals surface area contributed by atoms with Gasteiger partial charge < -0.3 is 9.47 Å². The summed E-state index contributed by atoms with van der Waals surface area (Å²) in [4.78, 5) is 7.10. The molecule has 264 valence electrons. The topological polar surface area (TPSA) is 21.1 Å². The van der Waals surface area contributed by atoms with Crippen molar-refractivity contribution in [1.29, 1.82) is 0 Å². The summed E-state index contributed by atoms with van der Waals surface area (Å²) < 4.78 is 2.58. The van der Waals surface area contributed by atoms with E-state index in [1.807, 2.05) is 18.5 Å². The Balaban J connectivity index is 0.976. The zero-order valence-corrected chi connectivity index (χ0v) is 31.2. The van der Waals surface area contributed by atoms with Crippen LogP contribution in [0.2, 0.25) is 0 Å². The fourth-order valence-electron chi connectivity index (χ4n) is 10.3. The van der Waals surface area contributed by atoms with Crippen molar-refractivity contribution in [2.75, 3.05) is 0 Å². The summed E-state index contributed by atoms with van der Waals surface area (Å²) in [5.74, 6) is 0.433. The van der Waals surface area contributed by atoms with E-state index in [0.717, 1.165) is 57.8 Å². The van der Waals surface area contributed by atoms with Gasteiger partial charge in [-0.3, -0.25) is 4.98 Å². The van der Waals surface area contributed by atoms with Gasteiger partial charge in [0.2, 0.25) is 0 Å². The van der Waals surface area contributed by atoms with Crippen LogP contribution in [0.5, 0.6) is 0 Å². The van der Waals surface area contributed by atoms with E-state index in [-0.39, 0.29) is 11.5 Å². The SMILES string of the molecule is CC1(C)C2=CC(N(C3=CCC(C4=Cc5c6c(n(-c7ccccc7)c5CC4)CCC=C6)C=C3)C3=CC=C(c4cccnc4)CC3)CC=C2C2=C1C=CCC2.